The SMILES string of the molecule is COc1cc2c(cc1OC)[C@H](c1cccc(Cl)c1)[NH+](C1Cc3ccccc3C1)CC2. The number of rotatable bonds is 4. The van der Waals surface area contributed by atoms with Crippen LogP contribution >= 0.6 is 11.6 Å². The van der Waals surface area contributed by atoms with Gasteiger partial charge in [0.25, 0.3) is 0 Å². The van der Waals surface area contributed by atoms with E-state index in [1.807, 2.05) is 6.07 Å². The Kier molecular flexibility index (Phi) is 5.18. The summed E-state index contributed by atoms with van der Waals surface area (Å²) in [5.41, 5.74) is 6.93. The summed E-state index contributed by atoms with van der Waals surface area (Å²) in [6.07, 6.45) is 3.30. The van der Waals surface area contributed by atoms with Crippen LogP contribution in [0.25, 0.3) is 0 Å². The van der Waals surface area contributed by atoms with Crippen molar-refractivity contribution in [3.63, 3.8) is 0 Å². The lowest BCUT2D eigenvalue weighted by molar-refractivity contribution is -0.951. The number of quaternary nitrogens is 1. The highest BCUT2D eigenvalue weighted by molar-refractivity contribution is 6.30. The van der Waals surface area contributed by atoms with E-state index < -0.39 is 0 Å². The van der Waals surface area contributed by atoms with Gasteiger partial charge in [0.1, 0.15) is 6.04 Å². The van der Waals surface area contributed by atoms with Crippen molar-refractivity contribution in [3.05, 3.63) is 93.5 Å². The molecule has 1 N–H and O–H groups in total. The van der Waals surface area contributed by atoms with Crippen molar-refractivity contribution < 1.29 is 14.4 Å². The van der Waals surface area contributed by atoms with Gasteiger partial charge in [0.15, 0.2) is 11.5 Å². The first-order valence-corrected chi connectivity index (χ1v) is 11.0. The summed E-state index contributed by atoms with van der Waals surface area (Å²) in [6.45, 7) is 1.10. The lowest BCUT2D eigenvalue weighted by Crippen LogP contribution is -3.17. The molecule has 0 saturated carbocycles. The summed E-state index contributed by atoms with van der Waals surface area (Å²) >= 11 is 6.42. The molecule has 30 heavy (non-hydrogen) atoms. The second-order valence-electron chi connectivity index (χ2n) is 8.34. The van der Waals surface area contributed by atoms with E-state index in [-0.39, 0.29) is 6.04 Å². The molecule has 0 fully saturated rings. The molecule has 3 nitrogen and oxygen atoms in total. The van der Waals surface area contributed by atoms with Crippen LogP contribution in [0, 0.1) is 0 Å². The molecule has 1 unspecified atom stereocenters. The Morgan fingerprint density at radius 1 is 0.833 bits per heavy atom. The molecule has 3 aromatic carbocycles. The van der Waals surface area contributed by atoms with E-state index in [2.05, 4.69) is 54.6 Å². The average molecular weight is 421 g/mol. The third-order valence-corrected chi connectivity index (χ3v) is 7.00. The fourth-order valence-corrected chi connectivity index (χ4v) is 5.58. The van der Waals surface area contributed by atoms with Gasteiger partial charge in [-0.25, -0.2) is 0 Å². The number of halogens is 1. The maximum atomic E-state index is 6.42. The summed E-state index contributed by atoms with van der Waals surface area (Å²) in [4.78, 5) is 1.62. The maximum Gasteiger partial charge on any atom is 0.161 e. The maximum absolute atomic E-state index is 6.42. The highest BCUT2D eigenvalue weighted by Crippen LogP contribution is 2.37. The third kappa shape index (κ3) is 3.36. The Hall–Kier alpha value is -2.49. The lowest BCUT2D eigenvalue weighted by Gasteiger charge is -2.38. The van der Waals surface area contributed by atoms with Crippen molar-refractivity contribution in [1.82, 2.24) is 0 Å². The van der Waals surface area contributed by atoms with E-state index in [9.17, 15) is 0 Å². The lowest BCUT2D eigenvalue weighted by atomic mass is 9.86. The molecule has 2 aliphatic rings. The quantitative estimate of drug-likeness (QED) is 0.688. The van der Waals surface area contributed by atoms with Crippen molar-refractivity contribution in [2.45, 2.75) is 31.3 Å². The Morgan fingerprint density at radius 3 is 2.20 bits per heavy atom. The minimum absolute atomic E-state index is 0.228. The molecule has 2 atom stereocenters. The van der Waals surface area contributed by atoms with Crippen LogP contribution in [0.2, 0.25) is 5.02 Å². The number of nitrogens with one attached hydrogen (secondary N) is 1. The molecule has 5 rings (SSSR count). The van der Waals surface area contributed by atoms with Crippen LogP contribution in [0.1, 0.15) is 33.9 Å². The van der Waals surface area contributed by atoms with Crippen LogP contribution in [-0.2, 0) is 19.3 Å². The monoisotopic (exact) mass is 420 g/mol. The number of benzene rings is 3. The first kappa shape index (κ1) is 19.5. The van der Waals surface area contributed by atoms with Gasteiger partial charge in [-0.05, 0) is 41.0 Å². The van der Waals surface area contributed by atoms with E-state index in [0.717, 1.165) is 42.3 Å². The smallest absolute Gasteiger partial charge is 0.161 e. The van der Waals surface area contributed by atoms with Crippen molar-refractivity contribution >= 4 is 11.6 Å². The fourth-order valence-electron chi connectivity index (χ4n) is 5.39. The van der Waals surface area contributed by atoms with Gasteiger partial charge in [-0.15, -0.1) is 0 Å². The summed E-state index contributed by atoms with van der Waals surface area (Å²) in [5.74, 6) is 1.59. The Morgan fingerprint density at radius 2 is 1.53 bits per heavy atom. The Bertz CT molecular complexity index is 1060. The zero-order valence-electron chi connectivity index (χ0n) is 17.5. The van der Waals surface area contributed by atoms with Gasteiger partial charge >= 0.3 is 0 Å². The van der Waals surface area contributed by atoms with Gasteiger partial charge in [-0.3, -0.25) is 0 Å². The predicted octanol–water partition coefficient (Wildman–Crippen LogP) is 4.06. The minimum atomic E-state index is 0.228. The van der Waals surface area contributed by atoms with Gasteiger partial charge in [0.05, 0.1) is 26.8 Å². The average Bonchev–Trinajstić information content (AvgIpc) is 3.21. The molecule has 154 valence electrons. The molecular formula is C26H27ClNO2+. The second-order valence-corrected chi connectivity index (χ2v) is 8.78. The number of hydrogen-bond donors (Lipinski definition) is 1. The predicted molar refractivity (Wildman–Crippen MR) is 120 cm³/mol. The van der Waals surface area contributed by atoms with Crippen LogP contribution in [0.15, 0.2) is 60.7 Å². The standard InChI is InChI=1S/C26H26ClNO2/c1-29-24-15-19-10-11-28(22-13-17-6-3-4-7-18(17)14-22)26(23(19)16-25(24)30-2)20-8-5-9-21(27)12-20/h3-9,12,15-16,22,26H,10-11,13-14H2,1-2H3/p+1/t26-/m0/s1. The first-order valence-electron chi connectivity index (χ1n) is 10.6. The number of ether oxygens (including phenoxy) is 2. The van der Waals surface area contributed by atoms with E-state index in [1.165, 1.54) is 27.8 Å². The van der Waals surface area contributed by atoms with E-state index in [1.54, 1.807) is 19.1 Å². The fraction of sp³-hybridized carbons (Fsp3) is 0.308. The van der Waals surface area contributed by atoms with Crippen LogP contribution in [-0.4, -0.2) is 26.8 Å². The van der Waals surface area contributed by atoms with Crippen molar-refractivity contribution in [3.8, 4) is 11.5 Å². The Balaban J connectivity index is 1.60. The second kappa shape index (κ2) is 7.98. The zero-order chi connectivity index (χ0) is 20.7. The molecule has 0 amide bonds. The summed E-state index contributed by atoms with van der Waals surface area (Å²) in [7, 11) is 3.41. The molecule has 0 aromatic heterocycles. The third-order valence-electron chi connectivity index (χ3n) is 6.77. The van der Waals surface area contributed by atoms with Gasteiger partial charge in [-0.1, -0.05) is 48.0 Å². The van der Waals surface area contributed by atoms with E-state index in [4.69, 9.17) is 21.1 Å². The van der Waals surface area contributed by atoms with Crippen LogP contribution in [0.3, 0.4) is 0 Å². The molecule has 4 heteroatoms. The van der Waals surface area contributed by atoms with Crippen LogP contribution in [0.4, 0.5) is 0 Å². The highest BCUT2D eigenvalue weighted by Gasteiger charge is 2.40. The molecule has 0 radical (unpaired) electrons. The van der Waals surface area contributed by atoms with Gasteiger partial charge in [0.2, 0.25) is 0 Å². The highest BCUT2D eigenvalue weighted by atomic mass is 35.5. The van der Waals surface area contributed by atoms with Crippen molar-refractivity contribution in [1.29, 1.82) is 0 Å². The summed E-state index contributed by atoms with van der Waals surface area (Å²) < 4.78 is 11.2. The summed E-state index contributed by atoms with van der Waals surface area (Å²) in [5, 5.41) is 0.786. The molecule has 3 aromatic rings. The number of fused-ring (bicyclic) bond motifs is 2. The molecule has 0 saturated heterocycles. The Labute approximate surface area is 183 Å². The largest absolute Gasteiger partial charge is 0.493 e. The van der Waals surface area contributed by atoms with Crippen LogP contribution < -0.4 is 14.4 Å². The molecule has 1 aliphatic heterocycles. The summed E-state index contributed by atoms with van der Waals surface area (Å²) in [6, 6.07) is 22.4. The number of methoxy groups -OCH3 is 2. The molecule has 1 heterocycles. The van der Waals surface area contributed by atoms with Gasteiger partial charge in [0, 0.05) is 35.4 Å². The molecule has 0 bridgehead atoms. The molecule has 1 aliphatic carbocycles. The van der Waals surface area contributed by atoms with Crippen molar-refractivity contribution in [2.24, 2.45) is 0 Å². The minimum Gasteiger partial charge on any atom is -0.493 e. The number of hydrogen-bond acceptors (Lipinski definition) is 2. The van der Waals surface area contributed by atoms with Gasteiger partial charge in [-0.2, -0.15) is 0 Å². The zero-order valence-corrected chi connectivity index (χ0v) is 18.2. The molecule has 0 spiro atoms. The van der Waals surface area contributed by atoms with Crippen LogP contribution in [0.5, 0.6) is 11.5 Å². The van der Waals surface area contributed by atoms with Crippen molar-refractivity contribution in [2.75, 3.05) is 20.8 Å². The topological polar surface area (TPSA) is 22.9 Å². The van der Waals surface area contributed by atoms with E-state index >= 15 is 0 Å². The normalized spacial score (nSPS) is 20.5. The van der Waals surface area contributed by atoms with E-state index in [0.29, 0.717) is 6.04 Å². The molecular weight excluding hydrogens is 394 g/mol. The first-order chi connectivity index (χ1) is 14.7. The van der Waals surface area contributed by atoms with Gasteiger partial charge < -0.3 is 14.4 Å².